The first-order valence-corrected chi connectivity index (χ1v) is 8.02. The molecule has 2 amide bonds. The van der Waals surface area contributed by atoms with Gasteiger partial charge >= 0.3 is 0 Å². The zero-order valence-corrected chi connectivity index (χ0v) is 13.6. The van der Waals surface area contributed by atoms with E-state index in [1.54, 1.807) is 17.3 Å². The maximum Gasteiger partial charge on any atom is 0.230 e. The molecule has 3 heterocycles. The average molecular weight is 324 g/mol. The molecule has 0 aromatic carbocycles. The normalized spacial score (nSPS) is 16.4. The summed E-state index contributed by atoms with van der Waals surface area (Å²) in [4.78, 5) is 34.7. The third-order valence-electron chi connectivity index (χ3n) is 4.19. The first-order valence-electron chi connectivity index (χ1n) is 8.02. The van der Waals surface area contributed by atoms with E-state index in [0.717, 1.165) is 17.0 Å². The summed E-state index contributed by atoms with van der Waals surface area (Å²) < 4.78 is 0. The van der Waals surface area contributed by atoms with Crippen molar-refractivity contribution in [2.45, 2.75) is 25.8 Å². The third kappa shape index (κ3) is 3.59. The summed E-state index contributed by atoms with van der Waals surface area (Å²) in [5.74, 6) is -0.560. The second-order valence-corrected chi connectivity index (χ2v) is 5.86. The molecular weight excluding hydrogens is 304 g/mol. The Morgan fingerprint density at radius 3 is 2.79 bits per heavy atom. The van der Waals surface area contributed by atoms with Crippen LogP contribution in [0.2, 0.25) is 0 Å². The van der Waals surface area contributed by atoms with Gasteiger partial charge in [-0.1, -0.05) is 12.1 Å². The fourth-order valence-corrected chi connectivity index (χ4v) is 2.91. The molecule has 1 aliphatic heterocycles. The van der Waals surface area contributed by atoms with E-state index in [-0.39, 0.29) is 11.8 Å². The second kappa shape index (κ2) is 7.21. The highest BCUT2D eigenvalue weighted by Gasteiger charge is 2.32. The van der Waals surface area contributed by atoms with Gasteiger partial charge in [0.05, 0.1) is 11.6 Å². The van der Waals surface area contributed by atoms with E-state index in [9.17, 15) is 9.59 Å². The predicted octanol–water partition coefficient (Wildman–Crippen LogP) is 1.28. The van der Waals surface area contributed by atoms with Crippen molar-refractivity contribution in [3.05, 3.63) is 59.7 Å². The van der Waals surface area contributed by atoms with E-state index < -0.39 is 5.92 Å². The quantitative estimate of drug-likeness (QED) is 0.919. The topological polar surface area (TPSA) is 75.2 Å². The van der Waals surface area contributed by atoms with E-state index in [4.69, 9.17) is 0 Å². The highest BCUT2D eigenvalue weighted by atomic mass is 16.2. The smallest absolute Gasteiger partial charge is 0.230 e. The lowest BCUT2D eigenvalue weighted by Gasteiger charge is -2.32. The lowest BCUT2D eigenvalue weighted by atomic mass is 9.94. The van der Waals surface area contributed by atoms with Crippen molar-refractivity contribution >= 4 is 11.8 Å². The van der Waals surface area contributed by atoms with E-state index >= 15 is 0 Å². The molecular formula is C18H20N4O2. The highest BCUT2D eigenvalue weighted by molar-refractivity contribution is 5.85. The number of fused-ring (bicyclic) bond motifs is 1. The molecule has 6 nitrogen and oxygen atoms in total. The minimum absolute atomic E-state index is 0.0317. The average Bonchev–Trinajstić information content (AvgIpc) is 2.61. The Labute approximate surface area is 140 Å². The Morgan fingerprint density at radius 1 is 1.21 bits per heavy atom. The molecule has 0 aliphatic carbocycles. The number of nitrogens with zero attached hydrogens (tertiary/aromatic N) is 3. The van der Waals surface area contributed by atoms with Gasteiger partial charge in [0.25, 0.3) is 0 Å². The van der Waals surface area contributed by atoms with Gasteiger partial charge in [-0.3, -0.25) is 19.6 Å². The molecule has 0 radical (unpaired) electrons. The first-order chi connectivity index (χ1) is 11.6. The Bertz CT molecular complexity index is 733. The Hall–Kier alpha value is -2.76. The van der Waals surface area contributed by atoms with E-state index in [1.165, 1.54) is 6.92 Å². The predicted molar refractivity (Wildman–Crippen MR) is 89.0 cm³/mol. The van der Waals surface area contributed by atoms with E-state index in [2.05, 4.69) is 15.3 Å². The molecule has 1 N–H and O–H groups in total. The number of rotatable bonds is 4. The molecule has 0 bridgehead atoms. The van der Waals surface area contributed by atoms with Crippen LogP contribution in [-0.4, -0.2) is 39.8 Å². The molecule has 1 unspecified atom stereocenters. The van der Waals surface area contributed by atoms with Crippen LogP contribution in [-0.2, 0) is 22.6 Å². The number of aromatic nitrogens is 2. The summed E-state index contributed by atoms with van der Waals surface area (Å²) in [6, 6.07) is 9.48. The molecule has 3 rings (SSSR count). The van der Waals surface area contributed by atoms with Crippen LogP contribution in [0.5, 0.6) is 0 Å². The molecule has 1 atom stereocenters. The molecule has 6 heteroatoms. The van der Waals surface area contributed by atoms with Crippen LogP contribution in [0.15, 0.2) is 42.7 Å². The summed E-state index contributed by atoms with van der Waals surface area (Å²) in [6.07, 6.45) is 4.10. The summed E-state index contributed by atoms with van der Waals surface area (Å²) in [7, 11) is 0. The molecule has 2 aromatic heterocycles. The van der Waals surface area contributed by atoms with Crippen molar-refractivity contribution in [2.24, 2.45) is 0 Å². The number of pyridine rings is 2. The Balaban J connectivity index is 1.68. The number of carbonyl (C=O) groups is 2. The summed E-state index contributed by atoms with van der Waals surface area (Å²) in [5.41, 5.74) is 2.64. The minimum atomic E-state index is -0.428. The molecule has 1 aliphatic rings. The lowest BCUT2D eigenvalue weighted by Crippen LogP contribution is -2.43. The second-order valence-electron chi connectivity index (χ2n) is 5.86. The summed E-state index contributed by atoms with van der Waals surface area (Å²) >= 11 is 0. The van der Waals surface area contributed by atoms with Crippen LogP contribution >= 0.6 is 0 Å². The van der Waals surface area contributed by atoms with E-state index in [1.807, 2.05) is 30.3 Å². The number of amides is 2. The molecule has 2 aromatic rings. The molecule has 0 spiro atoms. The molecule has 0 saturated carbocycles. The fourth-order valence-electron chi connectivity index (χ4n) is 2.91. The Kier molecular flexibility index (Phi) is 4.84. The van der Waals surface area contributed by atoms with Crippen LogP contribution in [0.1, 0.15) is 29.8 Å². The van der Waals surface area contributed by atoms with Crippen LogP contribution < -0.4 is 5.32 Å². The van der Waals surface area contributed by atoms with E-state index in [0.29, 0.717) is 26.1 Å². The molecule has 0 fully saturated rings. The van der Waals surface area contributed by atoms with Gasteiger partial charge in [0.15, 0.2) is 0 Å². The van der Waals surface area contributed by atoms with Crippen LogP contribution in [0.25, 0.3) is 0 Å². The van der Waals surface area contributed by atoms with Crippen molar-refractivity contribution in [3.63, 3.8) is 0 Å². The van der Waals surface area contributed by atoms with Gasteiger partial charge in [-0.15, -0.1) is 0 Å². The largest absolute Gasteiger partial charge is 0.355 e. The summed E-state index contributed by atoms with van der Waals surface area (Å²) in [5, 5.41) is 2.94. The maximum absolute atomic E-state index is 12.6. The van der Waals surface area contributed by atoms with Crippen LogP contribution in [0, 0.1) is 0 Å². The number of carbonyl (C=O) groups excluding carboxylic acids is 2. The fraction of sp³-hybridized carbons (Fsp3) is 0.333. The van der Waals surface area contributed by atoms with Crippen molar-refractivity contribution in [1.82, 2.24) is 20.2 Å². The SMILES string of the molecule is CC(=O)N1Cc2cccnc2C(C(=O)NCCc2ccccn2)C1. The summed E-state index contributed by atoms with van der Waals surface area (Å²) in [6.45, 7) is 2.91. The monoisotopic (exact) mass is 324 g/mol. The number of hydrogen-bond acceptors (Lipinski definition) is 4. The minimum Gasteiger partial charge on any atom is -0.355 e. The van der Waals surface area contributed by atoms with Gasteiger partial charge < -0.3 is 10.2 Å². The van der Waals surface area contributed by atoms with Crippen molar-refractivity contribution in [1.29, 1.82) is 0 Å². The van der Waals surface area contributed by atoms with Gasteiger partial charge in [0.2, 0.25) is 11.8 Å². The van der Waals surface area contributed by atoms with Crippen LogP contribution in [0.4, 0.5) is 0 Å². The number of nitrogens with one attached hydrogen (secondary N) is 1. The first kappa shape index (κ1) is 16.1. The van der Waals surface area contributed by atoms with Crippen LogP contribution in [0.3, 0.4) is 0 Å². The van der Waals surface area contributed by atoms with Gasteiger partial charge in [-0.25, -0.2) is 0 Å². The lowest BCUT2D eigenvalue weighted by molar-refractivity contribution is -0.131. The third-order valence-corrected chi connectivity index (χ3v) is 4.19. The maximum atomic E-state index is 12.6. The Morgan fingerprint density at radius 2 is 2.04 bits per heavy atom. The van der Waals surface area contributed by atoms with Gasteiger partial charge in [-0.05, 0) is 23.8 Å². The number of hydrogen-bond donors (Lipinski definition) is 1. The molecule has 24 heavy (non-hydrogen) atoms. The van der Waals surface area contributed by atoms with Gasteiger partial charge in [0, 0.05) is 51.1 Å². The van der Waals surface area contributed by atoms with Gasteiger partial charge in [0.1, 0.15) is 0 Å². The standard InChI is InChI=1S/C18H20N4O2/c1-13(23)22-11-14-5-4-9-20-17(14)16(12-22)18(24)21-10-7-15-6-2-3-8-19-15/h2-6,8-9,16H,7,10-12H2,1H3,(H,21,24). The molecule has 0 saturated heterocycles. The van der Waals surface area contributed by atoms with Crippen molar-refractivity contribution in [2.75, 3.05) is 13.1 Å². The highest BCUT2D eigenvalue weighted by Crippen LogP contribution is 2.26. The van der Waals surface area contributed by atoms with Crippen molar-refractivity contribution < 1.29 is 9.59 Å². The van der Waals surface area contributed by atoms with Crippen molar-refractivity contribution in [3.8, 4) is 0 Å². The zero-order chi connectivity index (χ0) is 16.9. The van der Waals surface area contributed by atoms with Gasteiger partial charge in [-0.2, -0.15) is 0 Å². The zero-order valence-electron chi connectivity index (χ0n) is 13.6. The molecule has 124 valence electrons.